The quantitative estimate of drug-likeness (QED) is 0.103. The first-order chi connectivity index (χ1) is 21.9. The van der Waals surface area contributed by atoms with E-state index in [-0.39, 0.29) is 17.3 Å². The number of rotatable bonds is 15. The minimum atomic E-state index is -4.60. The molecule has 0 aliphatic rings. The van der Waals surface area contributed by atoms with Crippen LogP contribution in [0.4, 0.5) is 37.8 Å². The molecule has 1 N–H and O–H groups in total. The van der Waals surface area contributed by atoms with Gasteiger partial charge in [0.1, 0.15) is 11.6 Å². The lowest BCUT2D eigenvalue weighted by atomic mass is 10.0. The van der Waals surface area contributed by atoms with E-state index in [0.717, 1.165) is 82.7 Å². The molecule has 1 unspecified atom stereocenters. The summed E-state index contributed by atoms with van der Waals surface area (Å²) in [6, 6.07) is 11.4. The Hall–Kier alpha value is -3.73. The van der Waals surface area contributed by atoms with Crippen LogP contribution in [0.25, 0.3) is 22.2 Å². The van der Waals surface area contributed by atoms with Crippen LogP contribution in [-0.2, 0) is 12.4 Å². The van der Waals surface area contributed by atoms with E-state index in [9.17, 15) is 26.3 Å². The highest BCUT2D eigenvalue weighted by Gasteiger charge is 2.34. The van der Waals surface area contributed by atoms with Gasteiger partial charge in [-0.15, -0.1) is 0 Å². The lowest BCUT2D eigenvalue weighted by Crippen LogP contribution is -2.30. The Morgan fingerprint density at radius 3 is 2.00 bits per heavy atom. The van der Waals surface area contributed by atoms with Crippen molar-refractivity contribution in [2.24, 2.45) is 0 Å². The van der Waals surface area contributed by atoms with Crippen LogP contribution in [-0.4, -0.2) is 32.9 Å². The van der Waals surface area contributed by atoms with Crippen LogP contribution < -0.4 is 5.32 Å². The molecule has 46 heavy (non-hydrogen) atoms. The second-order valence-electron chi connectivity index (χ2n) is 11.6. The lowest BCUT2D eigenvalue weighted by molar-refractivity contribution is -0.138. The molecule has 4 aromatic rings. The van der Waals surface area contributed by atoms with E-state index >= 15 is 0 Å². The summed E-state index contributed by atoms with van der Waals surface area (Å²) in [5, 5.41) is 3.66. The molecular formula is C35H41F6N5. The number of halogens is 6. The van der Waals surface area contributed by atoms with E-state index < -0.39 is 23.5 Å². The molecule has 0 bridgehead atoms. The van der Waals surface area contributed by atoms with E-state index in [1.54, 1.807) is 12.1 Å². The minimum Gasteiger partial charge on any atom is -0.340 e. The molecular weight excluding hydrogens is 604 g/mol. The number of pyridine rings is 1. The normalized spacial score (nSPS) is 13.0. The van der Waals surface area contributed by atoms with Gasteiger partial charge in [0, 0.05) is 22.8 Å². The first-order valence-electron chi connectivity index (χ1n) is 15.9. The van der Waals surface area contributed by atoms with Gasteiger partial charge in [-0.25, -0.2) is 9.97 Å². The molecule has 2 aromatic heterocycles. The molecule has 0 amide bonds. The number of fused-ring (bicyclic) bond motifs is 1. The van der Waals surface area contributed by atoms with E-state index in [4.69, 9.17) is 9.97 Å². The standard InChI is InChI=1S/C35H41F6N5/c1-4-6-8-10-21-46(22-11-9-7-5-2)24(3)32-44-30-23-25(31-29(35(39,40)41)13-12-20-42-31)14-19-28(30)33(45-32)43-27-17-15-26(16-18-27)34(36,37)38/h12-20,23-24H,4-11,21-22H2,1-3H3,(H,43,44,45). The topological polar surface area (TPSA) is 53.9 Å². The van der Waals surface area contributed by atoms with Crippen LogP contribution in [0, 0.1) is 0 Å². The van der Waals surface area contributed by atoms with Crippen molar-refractivity contribution in [3.05, 3.63) is 77.7 Å². The van der Waals surface area contributed by atoms with Gasteiger partial charge in [0.25, 0.3) is 0 Å². The summed E-state index contributed by atoms with van der Waals surface area (Å²) in [5.74, 6) is 0.828. The van der Waals surface area contributed by atoms with Crippen molar-refractivity contribution in [2.45, 2.75) is 90.5 Å². The SMILES string of the molecule is CCCCCCN(CCCCCC)C(C)c1nc(Nc2ccc(C(F)(F)F)cc2)c2ccc(-c3ncccc3C(F)(F)F)cc2n1. The number of benzene rings is 2. The van der Waals surface area contributed by atoms with Gasteiger partial charge in [0.05, 0.1) is 28.4 Å². The predicted molar refractivity (Wildman–Crippen MR) is 171 cm³/mol. The van der Waals surface area contributed by atoms with Gasteiger partial charge in [-0.1, -0.05) is 58.4 Å². The molecule has 4 rings (SSSR count). The van der Waals surface area contributed by atoms with Gasteiger partial charge in [0.2, 0.25) is 0 Å². The Bertz CT molecular complexity index is 1540. The molecule has 0 spiro atoms. The molecule has 1 atom stereocenters. The highest BCUT2D eigenvalue weighted by Crippen LogP contribution is 2.38. The molecule has 2 aromatic carbocycles. The third-order valence-electron chi connectivity index (χ3n) is 8.09. The lowest BCUT2D eigenvalue weighted by Gasteiger charge is -2.29. The van der Waals surface area contributed by atoms with Crippen molar-refractivity contribution in [3.63, 3.8) is 0 Å². The molecule has 2 heterocycles. The van der Waals surface area contributed by atoms with Crippen LogP contribution >= 0.6 is 0 Å². The third kappa shape index (κ3) is 9.18. The molecule has 11 heteroatoms. The Morgan fingerprint density at radius 1 is 0.761 bits per heavy atom. The Morgan fingerprint density at radius 2 is 1.41 bits per heavy atom. The smallest absolute Gasteiger partial charge is 0.340 e. The summed E-state index contributed by atoms with van der Waals surface area (Å²) in [4.78, 5) is 16.1. The zero-order chi connectivity index (χ0) is 33.3. The Labute approximate surface area is 266 Å². The number of alkyl halides is 6. The average molecular weight is 646 g/mol. The first kappa shape index (κ1) is 35.1. The molecule has 0 aliphatic heterocycles. The molecule has 0 radical (unpaired) electrons. The number of unbranched alkanes of at least 4 members (excludes halogenated alkanes) is 6. The van der Waals surface area contributed by atoms with Gasteiger partial charge in [-0.05, 0) is 81.4 Å². The van der Waals surface area contributed by atoms with Gasteiger partial charge >= 0.3 is 12.4 Å². The molecule has 248 valence electrons. The number of hydrogen-bond acceptors (Lipinski definition) is 5. The van der Waals surface area contributed by atoms with Crippen LogP contribution in [0.2, 0.25) is 0 Å². The molecule has 0 fully saturated rings. The van der Waals surface area contributed by atoms with Crippen LogP contribution in [0.15, 0.2) is 60.8 Å². The summed E-state index contributed by atoms with van der Waals surface area (Å²) in [7, 11) is 0. The second-order valence-corrected chi connectivity index (χ2v) is 11.6. The van der Waals surface area contributed by atoms with E-state index in [1.165, 1.54) is 30.5 Å². The average Bonchev–Trinajstić information content (AvgIpc) is 3.02. The first-order valence-corrected chi connectivity index (χ1v) is 15.9. The maximum atomic E-state index is 13.9. The van der Waals surface area contributed by atoms with Crippen LogP contribution in [0.5, 0.6) is 0 Å². The van der Waals surface area contributed by atoms with Crippen molar-refractivity contribution < 1.29 is 26.3 Å². The number of hydrogen-bond donors (Lipinski definition) is 1. The number of nitrogens with one attached hydrogen (secondary N) is 1. The minimum absolute atomic E-state index is 0.212. The third-order valence-corrected chi connectivity index (χ3v) is 8.09. The fourth-order valence-corrected chi connectivity index (χ4v) is 5.47. The summed E-state index contributed by atoms with van der Waals surface area (Å²) in [6.45, 7) is 8.04. The fraction of sp³-hybridized carbons (Fsp3) is 0.457. The summed E-state index contributed by atoms with van der Waals surface area (Å²) in [6.07, 6.45) is 0.985. The Balaban J connectivity index is 1.78. The van der Waals surface area contributed by atoms with Crippen molar-refractivity contribution >= 4 is 22.4 Å². The van der Waals surface area contributed by atoms with Crippen molar-refractivity contribution in [3.8, 4) is 11.3 Å². The zero-order valence-electron chi connectivity index (χ0n) is 26.5. The van der Waals surface area contributed by atoms with Crippen LogP contribution in [0.3, 0.4) is 0 Å². The van der Waals surface area contributed by atoms with Gasteiger partial charge in [-0.3, -0.25) is 9.88 Å². The summed E-state index contributed by atoms with van der Waals surface area (Å²) >= 11 is 0. The van der Waals surface area contributed by atoms with Crippen molar-refractivity contribution in [1.82, 2.24) is 19.9 Å². The molecule has 0 saturated heterocycles. The van der Waals surface area contributed by atoms with Crippen molar-refractivity contribution in [1.29, 1.82) is 0 Å². The largest absolute Gasteiger partial charge is 0.418 e. The van der Waals surface area contributed by atoms with E-state index in [0.29, 0.717) is 28.2 Å². The summed E-state index contributed by atoms with van der Waals surface area (Å²) in [5.41, 5.74) is -0.812. The van der Waals surface area contributed by atoms with Gasteiger partial charge < -0.3 is 5.32 Å². The second kappa shape index (κ2) is 15.7. The number of anilines is 2. The van der Waals surface area contributed by atoms with Crippen LogP contribution in [0.1, 0.15) is 95.1 Å². The molecule has 0 aliphatic carbocycles. The number of nitrogens with zero attached hydrogens (tertiary/aromatic N) is 4. The molecule has 5 nitrogen and oxygen atoms in total. The van der Waals surface area contributed by atoms with Crippen molar-refractivity contribution in [2.75, 3.05) is 18.4 Å². The zero-order valence-corrected chi connectivity index (χ0v) is 26.5. The number of aromatic nitrogens is 3. The monoisotopic (exact) mass is 645 g/mol. The van der Waals surface area contributed by atoms with E-state index in [2.05, 4.69) is 29.0 Å². The summed E-state index contributed by atoms with van der Waals surface area (Å²) < 4.78 is 81.2. The maximum Gasteiger partial charge on any atom is 0.418 e. The maximum absolute atomic E-state index is 13.9. The fourth-order valence-electron chi connectivity index (χ4n) is 5.47. The highest BCUT2D eigenvalue weighted by atomic mass is 19.4. The highest BCUT2D eigenvalue weighted by molar-refractivity contribution is 5.93. The Kier molecular flexibility index (Phi) is 12.0. The van der Waals surface area contributed by atoms with E-state index in [1.807, 2.05) is 6.92 Å². The van der Waals surface area contributed by atoms with Gasteiger partial charge in [0.15, 0.2) is 0 Å². The van der Waals surface area contributed by atoms with Gasteiger partial charge in [-0.2, -0.15) is 26.3 Å². The predicted octanol–water partition coefficient (Wildman–Crippen LogP) is 11.0. The molecule has 0 saturated carbocycles.